The van der Waals surface area contributed by atoms with E-state index in [9.17, 15) is 4.79 Å². The third kappa shape index (κ3) is 4.44. The van der Waals surface area contributed by atoms with Crippen molar-refractivity contribution in [2.45, 2.75) is 19.6 Å². The maximum atomic E-state index is 12.6. The Kier molecular flexibility index (Phi) is 5.71. The van der Waals surface area contributed by atoms with E-state index >= 15 is 0 Å². The average Bonchev–Trinajstić information content (AvgIpc) is 3.20. The first-order valence-electron chi connectivity index (χ1n) is 8.49. The summed E-state index contributed by atoms with van der Waals surface area (Å²) >= 11 is 0. The van der Waals surface area contributed by atoms with Crippen molar-refractivity contribution in [1.29, 1.82) is 0 Å². The molecule has 3 aromatic rings. The van der Waals surface area contributed by atoms with Crippen molar-refractivity contribution < 1.29 is 18.8 Å². The van der Waals surface area contributed by atoms with Crippen LogP contribution in [-0.2, 0) is 6.61 Å². The van der Waals surface area contributed by atoms with E-state index in [1.807, 2.05) is 43.3 Å². The SMILES string of the molecule is COc1cccc(OCc2cc(C(=O)N(C)C(C)c3ccccn3)no2)c1. The lowest BCUT2D eigenvalue weighted by Crippen LogP contribution is -2.30. The van der Waals surface area contributed by atoms with Crippen molar-refractivity contribution in [3.63, 3.8) is 0 Å². The molecule has 1 amide bonds. The second-order valence-corrected chi connectivity index (χ2v) is 5.99. The first-order valence-corrected chi connectivity index (χ1v) is 8.49. The van der Waals surface area contributed by atoms with Crippen molar-refractivity contribution in [3.8, 4) is 11.5 Å². The van der Waals surface area contributed by atoms with Crippen LogP contribution in [0.4, 0.5) is 0 Å². The molecule has 0 spiro atoms. The Bertz CT molecular complexity index is 895. The number of amides is 1. The standard InChI is InChI=1S/C20H21N3O4/c1-14(18-9-4-5-10-21-18)23(2)20(24)19-12-17(27-22-19)13-26-16-8-6-7-15(11-16)25-3/h4-12,14H,13H2,1-3H3. The molecule has 0 saturated heterocycles. The van der Waals surface area contributed by atoms with Crippen LogP contribution in [0.25, 0.3) is 0 Å². The molecule has 0 N–H and O–H groups in total. The summed E-state index contributed by atoms with van der Waals surface area (Å²) in [5, 5.41) is 3.87. The van der Waals surface area contributed by atoms with Crippen molar-refractivity contribution in [1.82, 2.24) is 15.0 Å². The van der Waals surface area contributed by atoms with Gasteiger partial charge in [-0.3, -0.25) is 9.78 Å². The molecule has 0 aliphatic heterocycles. The van der Waals surface area contributed by atoms with Gasteiger partial charge in [0.25, 0.3) is 5.91 Å². The monoisotopic (exact) mass is 367 g/mol. The fraction of sp³-hybridized carbons (Fsp3) is 0.250. The van der Waals surface area contributed by atoms with Crippen LogP contribution in [0.1, 0.15) is 34.9 Å². The Morgan fingerprint density at radius 1 is 1.19 bits per heavy atom. The zero-order valence-corrected chi connectivity index (χ0v) is 15.5. The molecule has 0 aliphatic rings. The maximum absolute atomic E-state index is 12.6. The van der Waals surface area contributed by atoms with Gasteiger partial charge in [0.05, 0.1) is 18.8 Å². The summed E-state index contributed by atoms with van der Waals surface area (Å²) in [5.41, 5.74) is 1.03. The zero-order chi connectivity index (χ0) is 19.2. The van der Waals surface area contributed by atoms with E-state index in [4.69, 9.17) is 14.0 Å². The molecular weight excluding hydrogens is 346 g/mol. The van der Waals surface area contributed by atoms with Gasteiger partial charge in [-0.1, -0.05) is 17.3 Å². The van der Waals surface area contributed by atoms with Crippen molar-refractivity contribution in [3.05, 3.63) is 71.9 Å². The van der Waals surface area contributed by atoms with Gasteiger partial charge in [-0.25, -0.2) is 0 Å². The molecule has 2 heterocycles. The molecule has 1 unspecified atom stereocenters. The summed E-state index contributed by atoms with van der Waals surface area (Å²) < 4.78 is 16.0. The van der Waals surface area contributed by atoms with Crippen LogP contribution >= 0.6 is 0 Å². The third-order valence-corrected chi connectivity index (χ3v) is 4.22. The van der Waals surface area contributed by atoms with Crippen LogP contribution in [0.5, 0.6) is 11.5 Å². The smallest absolute Gasteiger partial charge is 0.276 e. The van der Waals surface area contributed by atoms with E-state index in [1.165, 1.54) is 0 Å². The van der Waals surface area contributed by atoms with Crippen LogP contribution in [0, 0.1) is 0 Å². The number of benzene rings is 1. The lowest BCUT2D eigenvalue weighted by atomic mass is 10.2. The van der Waals surface area contributed by atoms with Gasteiger partial charge in [0.1, 0.15) is 18.1 Å². The highest BCUT2D eigenvalue weighted by Gasteiger charge is 2.22. The quantitative estimate of drug-likeness (QED) is 0.636. The molecule has 0 fully saturated rings. The van der Waals surface area contributed by atoms with Gasteiger partial charge in [0.15, 0.2) is 11.5 Å². The predicted molar refractivity (Wildman–Crippen MR) is 98.6 cm³/mol. The highest BCUT2D eigenvalue weighted by atomic mass is 16.5. The molecule has 0 aliphatic carbocycles. The number of methoxy groups -OCH3 is 1. The summed E-state index contributed by atoms with van der Waals surface area (Å²) in [6, 6.07) is 14.2. The van der Waals surface area contributed by atoms with E-state index in [1.54, 1.807) is 37.4 Å². The maximum Gasteiger partial charge on any atom is 0.276 e. The molecular formula is C20H21N3O4. The van der Waals surface area contributed by atoms with Gasteiger partial charge in [0, 0.05) is 25.4 Å². The number of pyridine rings is 1. The van der Waals surface area contributed by atoms with Gasteiger partial charge >= 0.3 is 0 Å². The minimum absolute atomic E-state index is 0.160. The van der Waals surface area contributed by atoms with Crippen molar-refractivity contribution in [2.24, 2.45) is 0 Å². The second-order valence-electron chi connectivity index (χ2n) is 5.99. The summed E-state index contributed by atoms with van der Waals surface area (Å²) in [6.07, 6.45) is 1.70. The van der Waals surface area contributed by atoms with E-state index in [0.29, 0.717) is 17.3 Å². The van der Waals surface area contributed by atoms with Crippen LogP contribution in [0.15, 0.2) is 59.3 Å². The Hall–Kier alpha value is -3.35. The van der Waals surface area contributed by atoms with Gasteiger partial charge in [-0.15, -0.1) is 0 Å². The Morgan fingerprint density at radius 3 is 2.74 bits per heavy atom. The summed E-state index contributed by atoms with van der Waals surface area (Å²) in [7, 11) is 3.30. The number of hydrogen-bond donors (Lipinski definition) is 0. The molecule has 27 heavy (non-hydrogen) atoms. The first kappa shape index (κ1) is 18.4. The normalized spacial score (nSPS) is 11.7. The molecule has 1 atom stereocenters. The molecule has 7 nitrogen and oxygen atoms in total. The Labute approximate surface area is 157 Å². The fourth-order valence-corrected chi connectivity index (χ4v) is 2.51. The molecule has 2 aromatic heterocycles. The molecule has 0 bridgehead atoms. The lowest BCUT2D eigenvalue weighted by molar-refractivity contribution is 0.0729. The Morgan fingerprint density at radius 2 is 2.00 bits per heavy atom. The minimum Gasteiger partial charge on any atom is -0.497 e. The number of hydrogen-bond acceptors (Lipinski definition) is 6. The topological polar surface area (TPSA) is 77.7 Å². The number of nitrogens with zero attached hydrogens (tertiary/aromatic N) is 3. The minimum atomic E-state index is -0.246. The first-order chi connectivity index (χ1) is 13.1. The highest BCUT2D eigenvalue weighted by molar-refractivity contribution is 5.92. The number of ether oxygens (including phenoxy) is 2. The van der Waals surface area contributed by atoms with Gasteiger partial charge in [0.2, 0.25) is 0 Å². The highest BCUT2D eigenvalue weighted by Crippen LogP contribution is 2.21. The van der Waals surface area contributed by atoms with Gasteiger partial charge < -0.3 is 18.9 Å². The largest absolute Gasteiger partial charge is 0.497 e. The average molecular weight is 367 g/mol. The number of carbonyl (C=O) groups is 1. The van der Waals surface area contributed by atoms with Crippen LogP contribution in [0.2, 0.25) is 0 Å². The van der Waals surface area contributed by atoms with Crippen LogP contribution in [-0.4, -0.2) is 35.1 Å². The van der Waals surface area contributed by atoms with Gasteiger partial charge in [-0.2, -0.15) is 0 Å². The molecule has 0 radical (unpaired) electrons. The number of aromatic nitrogens is 2. The van der Waals surface area contributed by atoms with Gasteiger partial charge in [-0.05, 0) is 31.2 Å². The van der Waals surface area contributed by atoms with Crippen molar-refractivity contribution in [2.75, 3.05) is 14.2 Å². The summed E-state index contributed by atoms with van der Waals surface area (Å²) in [6.45, 7) is 2.07. The fourth-order valence-electron chi connectivity index (χ4n) is 2.51. The lowest BCUT2D eigenvalue weighted by Gasteiger charge is -2.23. The predicted octanol–water partition coefficient (Wildman–Crippen LogP) is 3.49. The third-order valence-electron chi connectivity index (χ3n) is 4.22. The Balaban J connectivity index is 1.63. The number of rotatable bonds is 7. The molecule has 0 saturated carbocycles. The van der Waals surface area contributed by atoms with E-state index < -0.39 is 0 Å². The molecule has 1 aromatic carbocycles. The summed E-state index contributed by atoms with van der Waals surface area (Å²) in [4.78, 5) is 18.5. The molecule has 140 valence electrons. The van der Waals surface area contributed by atoms with Crippen molar-refractivity contribution >= 4 is 5.91 Å². The van der Waals surface area contributed by atoms with E-state index in [2.05, 4.69) is 10.1 Å². The second kappa shape index (κ2) is 8.35. The zero-order valence-electron chi connectivity index (χ0n) is 15.5. The van der Waals surface area contributed by atoms with Crippen LogP contribution < -0.4 is 9.47 Å². The number of carbonyl (C=O) groups excluding carboxylic acids is 1. The molecule has 7 heteroatoms. The van der Waals surface area contributed by atoms with E-state index in [-0.39, 0.29) is 24.2 Å². The summed E-state index contributed by atoms with van der Waals surface area (Å²) in [5.74, 6) is 1.55. The van der Waals surface area contributed by atoms with Crippen LogP contribution in [0.3, 0.4) is 0 Å². The van der Waals surface area contributed by atoms with E-state index in [0.717, 1.165) is 5.69 Å². The molecule has 3 rings (SSSR count).